The molecule has 1 aliphatic heterocycles. The highest BCUT2D eigenvalue weighted by molar-refractivity contribution is 9.10. The number of piperidine rings is 1. The molecule has 0 radical (unpaired) electrons. The van der Waals surface area contributed by atoms with Crippen molar-refractivity contribution < 1.29 is 9.59 Å². The summed E-state index contributed by atoms with van der Waals surface area (Å²) in [5, 5.41) is 3.32. The van der Waals surface area contributed by atoms with E-state index in [1.54, 1.807) is 0 Å². The summed E-state index contributed by atoms with van der Waals surface area (Å²) in [6, 6.07) is 26.0. The maximum Gasteiger partial charge on any atom is 0.233 e. The number of benzene rings is 3. The molecule has 1 fully saturated rings. The number of hydrogen-bond acceptors (Lipinski definition) is 3. The second kappa shape index (κ2) is 10.8. The van der Waals surface area contributed by atoms with Crippen molar-refractivity contribution in [1.82, 2.24) is 4.90 Å². The van der Waals surface area contributed by atoms with Crippen molar-refractivity contribution in [3.63, 3.8) is 0 Å². The van der Waals surface area contributed by atoms with Gasteiger partial charge in [-0.15, -0.1) is 11.8 Å². The Bertz CT molecular complexity index is 1060. The number of likely N-dealkylation sites (tertiary alicyclic amines) is 1. The summed E-state index contributed by atoms with van der Waals surface area (Å²) >= 11 is 5.45. The third-order valence-corrected chi connectivity index (χ3v) is 7.88. The van der Waals surface area contributed by atoms with E-state index in [2.05, 4.69) is 33.4 Å². The molecule has 0 unspecified atom stereocenters. The summed E-state index contributed by atoms with van der Waals surface area (Å²) in [5.74, 6) is -0.375. The summed E-state index contributed by atoms with van der Waals surface area (Å²) in [4.78, 5) is 28.0. The van der Waals surface area contributed by atoms with E-state index in [1.165, 1.54) is 4.90 Å². The number of nitrogens with one attached hydrogen (secondary N) is 1. The second-order valence-corrected chi connectivity index (χ2v) is 9.99. The third kappa shape index (κ3) is 6.02. The number of nitrogens with zero attached hydrogens (tertiary/aromatic N) is 1. The third-order valence-electron chi connectivity index (χ3n) is 5.51. The topological polar surface area (TPSA) is 49.4 Å². The van der Waals surface area contributed by atoms with Crippen LogP contribution in [0.1, 0.15) is 19.3 Å². The maximum atomic E-state index is 12.6. The summed E-state index contributed by atoms with van der Waals surface area (Å²) in [5.41, 5.74) is 2.91. The zero-order valence-corrected chi connectivity index (χ0v) is 20.1. The van der Waals surface area contributed by atoms with E-state index in [0.29, 0.717) is 24.0 Å². The number of carbonyl (C=O) groups excluding carboxylic acids is 2. The zero-order chi connectivity index (χ0) is 22.3. The Morgan fingerprint density at radius 1 is 0.875 bits per heavy atom. The van der Waals surface area contributed by atoms with Crippen molar-refractivity contribution in [2.45, 2.75) is 29.4 Å². The minimum absolute atomic E-state index is 0.104. The van der Waals surface area contributed by atoms with Crippen LogP contribution >= 0.6 is 27.7 Å². The lowest BCUT2D eigenvalue weighted by atomic mass is 10.1. The van der Waals surface area contributed by atoms with Crippen molar-refractivity contribution >= 4 is 45.2 Å². The van der Waals surface area contributed by atoms with Crippen LogP contribution in [0.4, 0.5) is 5.69 Å². The molecule has 3 aromatic carbocycles. The lowest BCUT2D eigenvalue weighted by Crippen LogP contribution is -2.40. The molecule has 0 spiro atoms. The number of halogens is 1. The van der Waals surface area contributed by atoms with Gasteiger partial charge in [-0.3, -0.25) is 9.59 Å². The van der Waals surface area contributed by atoms with Crippen LogP contribution in [0, 0.1) is 0 Å². The minimum Gasteiger partial charge on any atom is -0.342 e. The van der Waals surface area contributed by atoms with Gasteiger partial charge in [-0.2, -0.15) is 0 Å². The van der Waals surface area contributed by atoms with Gasteiger partial charge in [0, 0.05) is 33.4 Å². The molecule has 1 N–H and O–H groups in total. The molecule has 1 heterocycles. The Balaban J connectivity index is 1.24. The highest BCUT2D eigenvalue weighted by Gasteiger charge is 2.25. The largest absolute Gasteiger partial charge is 0.342 e. The van der Waals surface area contributed by atoms with Gasteiger partial charge in [-0.25, -0.2) is 0 Å². The normalized spacial score (nSPS) is 14.2. The van der Waals surface area contributed by atoms with Gasteiger partial charge >= 0.3 is 0 Å². The predicted octanol–water partition coefficient (Wildman–Crippen LogP) is 6.23. The molecule has 32 heavy (non-hydrogen) atoms. The Hall–Kier alpha value is -2.57. The van der Waals surface area contributed by atoms with Gasteiger partial charge in [0.05, 0.1) is 0 Å². The van der Waals surface area contributed by atoms with Crippen LogP contribution in [0.25, 0.3) is 11.1 Å². The van der Waals surface area contributed by atoms with Crippen LogP contribution in [0.3, 0.4) is 0 Å². The van der Waals surface area contributed by atoms with Crippen molar-refractivity contribution in [3.05, 3.63) is 83.3 Å². The second-order valence-electron chi connectivity index (χ2n) is 7.80. The molecule has 164 valence electrons. The predicted molar refractivity (Wildman–Crippen MR) is 135 cm³/mol. The fourth-order valence-corrected chi connectivity index (χ4v) is 5.48. The molecule has 0 saturated carbocycles. The summed E-state index contributed by atoms with van der Waals surface area (Å²) in [6.07, 6.45) is 1.74. The number of hydrogen-bond donors (Lipinski definition) is 1. The fraction of sp³-hybridized carbons (Fsp3) is 0.231. The van der Waals surface area contributed by atoms with Crippen molar-refractivity contribution in [3.8, 4) is 11.1 Å². The van der Waals surface area contributed by atoms with Gasteiger partial charge in [0.1, 0.15) is 6.42 Å². The van der Waals surface area contributed by atoms with E-state index in [1.807, 2.05) is 83.4 Å². The molecule has 3 aromatic rings. The van der Waals surface area contributed by atoms with Gasteiger partial charge in [0.2, 0.25) is 11.8 Å². The van der Waals surface area contributed by atoms with Gasteiger partial charge in [-0.1, -0.05) is 54.6 Å². The standard InChI is InChI=1S/C26H25BrN2O2S/c27-23-8-4-5-9-24(23)32-22-14-16-29(17-15-22)26(31)18-25(30)28-21-12-10-20(11-13-21)19-6-2-1-3-7-19/h1-13,22H,14-18H2,(H,28,30). The Labute approximate surface area is 201 Å². The fourth-order valence-electron chi connectivity index (χ4n) is 3.77. The first-order valence-electron chi connectivity index (χ1n) is 10.7. The number of amides is 2. The molecule has 0 aliphatic carbocycles. The first-order valence-corrected chi connectivity index (χ1v) is 12.4. The van der Waals surface area contributed by atoms with Crippen LogP contribution in [0.5, 0.6) is 0 Å². The number of rotatable bonds is 6. The SMILES string of the molecule is O=C(CC(=O)N1CCC(Sc2ccccc2Br)CC1)Nc1ccc(-c2ccccc2)cc1. The Kier molecular flexibility index (Phi) is 7.66. The molecule has 6 heteroatoms. The molecular weight excluding hydrogens is 484 g/mol. The van der Waals surface area contributed by atoms with E-state index in [9.17, 15) is 9.59 Å². The highest BCUT2D eigenvalue weighted by atomic mass is 79.9. The number of carbonyl (C=O) groups is 2. The van der Waals surface area contributed by atoms with Crippen LogP contribution in [-0.4, -0.2) is 35.1 Å². The average molecular weight is 509 g/mol. The van der Waals surface area contributed by atoms with E-state index in [0.717, 1.165) is 28.4 Å². The maximum absolute atomic E-state index is 12.6. The van der Waals surface area contributed by atoms with Crippen LogP contribution in [-0.2, 0) is 9.59 Å². The van der Waals surface area contributed by atoms with Gasteiger partial charge in [0.25, 0.3) is 0 Å². The van der Waals surface area contributed by atoms with Crippen molar-refractivity contribution in [2.75, 3.05) is 18.4 Å². The lowest BCUT2D eigenvalue weighted by molar-refractivity contribution is -0.135. The van der Waals surface area contributed by atoms with Gasteiger partial charge in [-0.05, 0) is 64.2 Å². The van der Waals surface area contributed by atoms with Crippen LogP contribution in [0.15, 0.2) is 88.2 Å². The molecule has 4 nitrogen and oxygen atoms in total. The smallest absolute Gasteiger partial charge is 0.233 e. The molecule has 0 bridgehead atoms. The highest BCUT2D eigenvalue weighted by Crippen LogP contribution is 2.34. The van der Waals surface area contributed by atoms with Gasteiger partial charge < -0.3 is 10.2 Å². The van der Waals surface area contributed by atoms with E-state index in [4.69, 9.17) is 0 Å². The molecule has 1 saturated heterocycles. The van der Waals surface area contributed by atoms with Crippen LogP contribution in [0.2, 0.25) is 0 Å². The first kappa shape index (κ1) is 22.6. The Morgan fingerprint density at radius 3 is 2.19 bits per heavy atom. The van der Waals surface area contributed by atoms with Crippen molar-refractivity contribution in [1.29, 1.82) is 0 Å². The Morgan fingerprint density at radius 2 is 1.50 bits per heavy atom. The molecule has 2 amide bonds. The lowest BCUT2D eigenvalue weighted by Gasteiger charge is -2.31. The average Bonchev–Trinajstić information content (AvgIpc) is 2.82. The van der Waals surface area contributed by atoms with E-state index in [-0.39, 0.29) is 18.2 Å². The zero-order valence-electron chi connectivity index (χ0n) is 17.7. The van der Waals surface area contributed by atoms with Crippen LogP contribution < -0.4 is 5.32 Å². The van der Waals surface area contributed by atoms with E-state index < -0.39 is 0 Å². The molecule has 0 aromatic heterocycles. The minimum atomic E-state index is -0.271. The summed E-state index contributed by atoms with van der Waals surface area (Å²) in [6.45, 7) is 1.39. The molecule has 4 rings (SSSR count). The van der Waals surface area contributed by atoms with E-state index >= 15 is 0 Å². The molecule has 0 atom stereocenters. The van der Waals surface area contributed by atoms with Crippen molar-refractivity contribution in [2.24, 2.45) is 0 Å². The number of anilines is 1. The summed E-state index contributed by atoms with van der Waals surface area (Å²) < 4.78 is 1.11. The summed E-state index contributed by atoms with van der Waals surface area (Å²) in [7, 11) is 0. The monoisotopic (exact) mass is 508 g/mol. The number of thioether (sulfide) groups is 1. The molecule has 1 aliphatic rings. The quantitative estimate of drug-likeness (QED) is 0.401. The van der Waals surface area contributed by atoms with Gasteiger partial charge in [0.15, 0.2) is 0 Å². The molecular formula is C26H25BrN2O2S. The first-order chi connectivity index (χ1) is 15.6.